The predicted molar refractivity (Wildman–Crippen MR) is 87.2 cm³/mol. The van der Waals surface area contributed by atoms with E-state index in [0.29, 0.717) is 30.3 Å². The SMILES string of the molecule is CCOc1cc(/C=C/C(=O)[O-])ccc1OCc1ccc(C)cc1. The second-order valence-corrected chi connectivity index (χ2v) is 5.07. The Morgan fingerprint density at radius 1 is 1.09 bits per heavy atom. The quantitative estimate of drug-likeness (QED) is 0.738. The summed E-state index contributed by atoms with van der Waals surface area (Å²) in [6.45, 7) is 4.85. The van der Waals surface area contributed by atoms with Crippen LogP contribution < -0.4 is 14.6 Å². The number of rotatable bonds is 7. The van der Waals surface area contributed by atoms with Gasteiger partial charge in [-0.2, -0.15) is 0 Å². The maximum Gasteiger partial charge on any atom is 0.161 e. The first-order chi connectivity index (χ1) is 11.1. The van der Waals surface area contributed by atoms with Crippen LogP contribution in [0.15, 0.2) is 48.5 Å². The summed E-state index contributed by atoms with van der Waals surface area (Å²) in [5.74, 6) is -0.0270. The molecule has 4 nitrogen and oxygen atoms in total. The van der Waals surface area contributed by atoms with Gasteiger partial charge in [-0.1, -0.05) is 42.0 Å². The molecule has 2 aromatic carbocycles. The molecular formula is C19H19O4-. The van der Waals surface area contributed by atoms with Gasteiger partial charge < -0.3 is 19.4 Å². The normalized spacial score (nSPS) is 10.7. The van der Waals surface area contributed by atoms with E-state index in [2.05, 4.69) is 0 Å². The molecule has 0 saturated carbocycles. The molecule has 0 heterocycles. The molecule has 2 rings (SSSR count). The van der Waals surface area contributed by atoms with Crippen molar-refractivity contribution in [2.45, 2.75) is 20.5 Å². The number of benzene rings is 2. The van der Waals surface area contributed by atoms with E-state index in [4.69, 9.17) is 9.47 Å². The van der Waals surface area contributed by atoms with Crippen LogP contribution in [0.25, 0.3) is 6.08 Å². The van der Waals surface area contributed by atoms with Crippen LogP contribution in [0.1, 0.15) is 23.6 Å². The van der Waals surface area contributed by atoms with Gasteiger partial charge in [-0.25, -0.2) is 0 Å². The molecule has 2 aromatic rings. The summed E-state index contributed by atoms with van der Waals surface area (Å²) >= 11 is 0. The number of carboxylic acid groups (broad SMARTS) is 1. The zero-order valence-electron chi connectivity index (χ0n) is 13.2. The summed E-state index contributed by atoms with van der Waals surface area (Å²) in [5.41, 5.74) is 2.98. The molecule has 0 aromatic heterocycles. The summed E-state index contributed by atoms with van der Waals surface area (Å²) in [6, 6.07) is 13.4. The zero-order valence-corrected chi connectivity index (χ0v) is 13.2. The van der Waals surface area contributed by atoms with E-state index in [1.54, 1.807) is 18.2 Å². The van der Waals surface area contributed by atoms with Crippen LogP contribution in [0.3, 0.4) is 0 Å². The van der Waals surface area contributed by atoms with E-state index in [0.717, 1.165) is 11.6 Å². The van der Waals surface area contributed by atoms with Crippen LogP contribution in [0.4, 0.5) is 0 Å². The van der Waals surface area contributed by atoms with Crippen LogP contribution in [0, 0.1) is 6.92 Å². The molecule has 0 unspecified atom stereocenters. The third-order valence-corrected chi connectivity index (χ3v) is 3.19. The smallest absolute Gasteiger partial charge is 0.161 e. The van der Waals surface area contributed by atoms with Crippen molar-refractivity contribution in [3.05, 3.63) is 65.2 Å². The highest BCUT2D eigenvalue weighted by Gasteiger charge is 2.06. The third kappa shape index (κ3) is 5.18. The molecule has 0 spiro atoms. The second kappa shape index (κ2) is 8.03. The van der Waals surface area contributed by atoms with Gasteiger partial charge in [0.2, 0.25) is 0 Å². The number of carbonyl (C=O) groups is 1. The van der Waals surface area contributed by atoms with Crippen LogP contribution in [0.5, 0.6) is 11.5 Å². The maximum atomic E-state index is 10.5. The lowest BCUT2D eigenvalue weighted by Gasteiger charge is -2.13. The molecule has 0 saturated heterocycles. The number of aryl methyl sites for hydroxylation is 1. The van der Waals surface area contributed by atoms with Gasteiger partial charge in [0.1, 0.15) is 6.61 Å². The lowest BCUT2D eigenvalue weighted by molar-refractivity contribution is -0.297. The van der Waals surface area contributed by atoms with Gasteiger partial charge in [-0.05, 0) is 43.2 Å². The Bertz CT molecular complexity index is 687. The molecule has 0 N–H and O–H groups in total. The first-order valence-electron chi connectivity index (χ1n) is 7.42. The number of hydrogen-bond acceptors (Lipinski definition) is 4. The zero-order chi connectivity index (χ0) is 16.7. The summed E-state index contributed by atoms with van der Waals surface area (Å²) < 4.78 is 11.4. The van der Waals surface area contributed by atoms with Crippen molar-refractivity contribution in [3.8, 4) is 11.5 Å². The molecule has 0 amide bonds. The van der Waals surface area contributed by atoms with Gasteiger partial charge in [0.05, 0.1) is 12.6 Å². The van der Waals surface area contributed by atoms with Crippen LogP contribution in [-0.2, 0) is 11.4 Å². The summed E-state index contributed by atoms with van der Waals surface area (Å²) in [7, 11) is 0. The summed E-state index contributed by atoms with van der Waals surface area (Å²) in [4.78, 5) is 10.5. The monoisotopic (exact) mass is 311 g/mol. The Balaban J connectivity index is 2.13. The molecule has 0 aliphatic carbocycles. The van der Waals surface area contributed by atoms with Gasteiger partial charge in [0.15, 0.2) is 11.5 Å². The first-order valence-corrected chi connectivity index (χ1v) is 7.42. The number of carbonyl (C=O) groups excluding carboxylic acids is 1. The molecule has 0 bridgehead atoms. The minimum atomic E-state index is -1.23. The molecule has 120 valence electrons. The molecular weight excluding hydrogens is 292 g/mol. The Morgan fingerprint density at radius 2 is 1.83 bits per heavy atom. The molecule has 4 heteroatoms. The molecule has 0 atom stereocenters. The van der Waals surface area contributed by atoms with Crippen molar-refractivity contribution in [2.24, 2.45) is 0 Å². The maximum absolute atomic E-state index is 10.5. The van der Waals surface area contributed by atoms with Gasteiger partial charge in [-0.15, -0.1) is 0 Å². The Morgan fingerprint density at radius 3 is 2.48 bits per heavy atom. The van der Waals surface area contributed by atoms with Crippen LogP contribution in [-0.4, -0.2) is 12.6 Å². The van der Waals surface area contributed by atoms with E-state index in [1.807, 2.05) is 38.1 Å². The van der Waals surface area contributed by atoms with Gasteiger partial charge in [0.25, 0.3) is 0 Å². The molecule has 0 aliphatic heterocycles. The lowest BCUT2D eigenvalue weighted by Crippen LogP contribution is -2.18. The molecule has 23 heavy (non-hydrogen) atoms. The van der Waals surface area contributed by atoms with Gasteiger partial charge in [-0.3, -0.25) is 0 Å². The summed E-state index contributed by atoms with van der Waals surface area (Å²) in [6.07, 6.45) is 2.44. The van der Waals surface area contributed by atoms with Crippen molar-refractivity contribution < 1.29 is 19.4 Å². The minimum absolute atomic E-state index is 0.439. The Labute approximate surface area is 136 Å². The first kappa shape index (κ1) is 16.6. The molecule has 0 aliphatic rings. The number of carboxylic acids is 1. The van der Waals surface area contributed by atoms with Crippen molar-refractivity contribution in [3.63, 3.8) is 0 Å². The molecule has 0 fully saturated rings. The predicted octanol–water partition coefficient (Wildman–Crippen LogP) is 2.74. The van der Waals surface area contributed by atoms with Crippen LogP contribution in [0.2, 0.25) is 0 Å². The molecule has 0 radical (unpaired) electrons. The highest BCUT2D eigenvalue weighted by Crippen LogP contribution is 2.29. The van der Waals surface area contributed by atoms with Crippen molar-refractivity contribution in [1.82, 2.24) is 0 Å². The Kier molecular flexibility index (Phi) is 5.80. The van der Waals surface area contributed by atoms with Crippen molar-refractivity contribution in [2.75, 3.05) is 6.61 Å². The van der Waals surface area contributed by atoms with E-state index < -0.39 is 5.97 Å². The number of hydrogen-bond donors (Lipinski definition) is 0. The van der Waals surface area contributed by atoms with Crippen molar-refractivity contribution >= 4 is 12.0 Å². The fourth-order valence-electron chi connectivity index (χ4n) is 2.03. The van der Waals surface area contributed by atoms with Crippen LogP contribution >= 0.6 is 0 Å². The van der Waals surface area contributed by atoms with E-state index in [9.17, 15) is 9.90 Å². The third-order valence-electron chi connectivity index (χ3n) is 3.19. The van der Waals surface area contributed by atoms with Gasteiger partial charge >= 0.3 is 0 Å². The average Bonchev–Trinajstić information content (AvgIpc) is 2.54. The van der Waals surface area contributed by atoms with Crippen molar-refractivity contribution in [1.29, 1.82) is 0 Å². The van der Waals surface area contributed by atoms with E-state index in [1.165, 1.54) is 11.6 Å². The number of ether oxygens (including phenoxy) is 2. The topological polar surface area (TPSA) is 58.6 Å². The fraction of sp³-hybridized carbons (Fsp3) is 0.211. The fourth-order valence-corrected chi connectivity index (χ4v) is 2.03. The Hall–Kier alpha value is -2.75. The standard InChI is InChI=1S/C19H20O4/c1-3-22-18-12-15(9-11-19(20)21)8-10-17(18)23-13-16-6-4-14(2)5-7-16/h4-12H,3,13H2,1-2H3,(H,20,21)/p-1/b11-9+. The van der Waals surface area contributed by atoms with E-state index in [-0.39, 0.29) is 0 Å². The largest absolute Gasteiger partial charge is 0.545 e. The number of aliphatic carboxylic acids is 1. The highest BCUT2D eigenvalue weighted by molar-refractivity contribution is 5.83. The summed E-state index contributed by atoms with van der Waals surface area (Å²) in [5, 5.41) is 10.5. The van der Waals surface area contributed by atoms with Gasteiger partial charge in [0, 0.05) is 0 Å². The average molecular weight is 311 g/mol. The highest BCUT2D eigenvalue weighted by atomic mass is 16.5. The van der Waals surface area contributed by atoms with E-state index >= 15 is 0 Å². The second-order valence-electron chi connectivity index (χ2n) is 5.07. The minimum Gasteiger partial charge on any atom is -0.545 e. The lowest BCUT2D eigenvalue weighted by atomic mass is 10.1.